The second kappa shape index (κ2) is 8.40. The third kappa shape index (κ3) is 4.15. The number of aliphatic hydroxyl groups is 1. The van der Waals surface area contributed by atoms with E-state index >= 15 is 0 Å². The molecule has 1 amide bonds. The highest BCUT2D eigenvalue weighted by molar-refractivity contribution is 5.77. The Kier molecular flexibility index (Phi) is 5.76. The van der Waals surface area contributed by atoms with Gasteiger partial charge in [0.1, 0.15) is 0 Å². The summed E-state index contributed by atoms with van der Waals surface area (Å²) in [4.78, 5) is 30.9. The van der Waals surface area contributed by atoms with Gasteiger partial charge in [0.15, 0.2) is 0 Å². The molecule has 0 aliphatic carbocycles. The van der Waals surface area contributed by atoms with Crippen molar-refractivity contribution in [1.29, 1.82) is 0 Å². The van der Waals surface area contributed by atoms with E-state index in [9.17, 15) is 14.7 Å². The maximum atomic E-state index is 12.6. The summed E-state index contributed by atoms with van der Waals surface area (Å²) in [6.07, 6.45) is 1.65. The molecule has 0 bridgehead atoms. The molecule has 2 aromatic carbocycles. The number of aliphatic hydroxyl groups excluding tert-OH is 1. The minimum atomic E-state index is -0.153. The van der Waals surface area contributed by atoms with Crippen LogP contribution in [0.5, 0.6) is 0 Å². The van der Waals surface area contributed by atoms with Crippen LogP contribution < -0.4 is 5.56 Å². The molecule has 1 heterocycles. The van der Waals surface area contributed by atoms with Crippen molar-refractivity contribution in [2.75, 3.05) is 13.2 Å². The fraction of sp³-hybridized carbons (Fsp3) is 0.250. The van der Waals surface area contributed by atoms with Crippen LogP contribution in [-0.2, 0) is 17.9 Å². The average molecular weight is 351 g/mol. The Hall–Kier alpha value is -2.99. The van der Waals surface area contributed by atoms with Crippen molar-refractivity contribution in [3.63, 3.8) is 0 Å². The smallest absolute Gasteiger partial charge is 0.261 e. The Labute approximate surface area is 151 Å². The van der Waals surface area contributed by atoms with Crippen LogP contribution in [0, 0.1) is 0 Å². The van der Waals surface area contributed by atoms with E-state index in [2.05, 4.69) is 4.98 Å². The van der Waals surface area contributed by atoms with E-state index in [-0.39, 0.29) is 37.6 Å². The van der Waals surface area contributed by atoms with Gasteiger partial charge < -0.3 is 10.0 Å². The number of aryl methyl sites for hydroxylation is 1. The highest BCUT2D eigenvalue weighted by atomic mass is 16.3. The largest absolute Gasteiger partial charge is 0.395 e. The van der Waals surface area contributed by atoms with Crippen LogP contribution >= 0.6 is 0 Å². The molecule has 3 rings (SSSR count). The molecule has 0 aliphatic rings. The molecule has 0 saturated carbocycles. The molecule has 0 saturated heterocycles. The van der Waals surface area contributed by atoms with Crippen LogP contribution in [-0.4, -0.2) is 38.6 Å². The molecule has 3 aromatic rings. The number of amides is 1. The summed E-state index contributed by atoms with van der Waals surface area (Å²) in [7, 11) is 0. The first kappa shape index (κ1) is 17.8. The molecule has 6 heteroatoms. The molecule has 134 valence electrons. The van der Waals surface area contributed by atoms with E-state index in [1.54, 1.807) is 23.1 Å². The van der Waals surface area contributed by atoms with E-state index < -0.39 is 0 Å². The molecule has 0 fully saturated rings. The number of benzene rings is 2. The number of hydrogen-bond acceptors (Lipinski definition) is 4. The predicted octanol–water partition coefficient (Wildman–Crippen LogP) is 1.81. The van der Waals surface area contributed by atoms with Gasteiger partial charge in [0, 0.05) is 26.1 Å². The maximum Gasteiger partial charge on any atom is 0.261 e. The standard InChI is InChI=1S/C20H21N3O3/c24-13-12-22(14-16-6-2-1-3-7-16)19(25)10-11-23-15-21-18-9-5-4-8-17(18)20(23)26/h1-9,15,24H,10-14H2. The molecule has 0 aliphatic heterocycles. The number of carbonyl (C=O) groups excluding carboxylic acids is 1. The van der Waals surface area contributed by atoms with Gasteiger partial charge in [0.2, 0.25) is 5.91 Å². The SMILES string of the molecule is O=C(CCn1cnc2ccccc2c1=O)N(CCO)Cc1ccccc1. The topological polar surface area (TPSA) is 75.4 Å². The number of para-hydroxylation sites is 1. The van der Waals surface area contributed by atoms with Gasteiger partial charge in [0.05, 0.1) is 23.8 Å². The fourth-order valence-electron chi connectivity index (χ4n) is 2.86. The summed E-state index contributed by atoms with van der Waals surface area (Å²) >= 11 is 0. The lowest BCUT2D eigenvalue weighted by Gasteiger charge is -2.22. The molecule has 0 atom stereocenters. The molecule has 1 N–H and O–H groups in total. The summed E-state index contributed by atoms with van der Waals surface area (Å²) in [6.45, 7) is 0.853. The summed E-state index contributed by atoms with van der Waals surface area (Å²) in [5.74, 6) is -0.108. The van der Waals surface area contributed by atoms with Gasteiger partial charge >= 0.3 is 0 Å². The van der Waals surface area contributed by atoms with Crippen LogP contribution in [0.2, 0.25) is 0 Å². The second-order valence-electron chi connectivity index (χ2n) is 6.03. The summed E-state index contributed by atoms with van der Waals surface area (Å²) < 4.78 is 1.46. The van der Waals surface area contributed by atoms with Crippen LogP contribution in [0.25, 0.3) is 10.9 Å². The summed E-state index contributed by atoms with van der Waals surface area (Å²) in [5, 5.41) is 9.79. The molecule has 26 heavy (non-hydrogen) atoms. The normalized spacial score (nSPS) is 10.8. The quantitative estimate of drug-likeness (QED) is 0.704. The molecule has 0 radical (unpaired) electrons. The lowest BCUT2D eigenvalue weighted by Crippen LogP contribution is -2.34. The first-order valence-electron chi connectivity index (χ1n) is 8.56. The lowest BCUT2D eigenvalue weighted by atomic mass is 10.2. The molecule has 0 spiro atoms. The van der Waals surface area contributed by atoms with Crippen LogP contribution in [0.15, 0.2) is 65.7 Å². The van der Waals surface area contributed by atoms with Gasteiger partial charge in [-0.1, -0.05) is 42.5 Å². The first-order valence-corrected chi connectivity index (χ1v) is 8.56. The van der Waals surface area contributed by atoms with E-state index in [0.717, 1.165) is 5.56 Å². The van der Waals surface area contributed by atoms with Crippen LogP contribution in [0.4, 0.5) is 0 Å². The van der Waals surface area contributed by atoms with E-state index in [1.807, 2.05) is 36.4 Å². The van der Waals surface area contributed by atoms with Gasteiger partial charge in [0.25, 0.3) is 5.56 Å². The van der Waals surface area contributed by atoms with E-state index in [4.69, 9.17) is 0 Å². The van der Waals surface area contributed by atoms with Gasteiger partial charge in [-0.15, -0.1) is 0 Å². The fourth-order valence-corrected chi connectivity index (χ4v) is 2.86. The Morgan fingerprint density at radius 3 is 2.58 bits per heavy atom. The van der Waals surface area contributed by atoms with Crippen LogP contribution in [0.3, 0.4) is 0 Å². The number of fused-ring (bicyclic) bond motifs is 1. The number of rotatable bonds is 7. The number of nitrogens with zero attached hydrogens (tertiary/aromatic N) is 3. The number of aromatic nitrogens is 2. The van der Waals surface area contributed by atoms with Gasteiger partial charge in [-0.3, -0.25) is 14.2 Å². The van der Waals surface area contributed by atoms with Gasteiger partial charge in [-0.25, -0.2) is 4.98 Å². The monoisotopic (exact) mass is 351 g/mol. The van der Waals surface area contributed by atoms with Crippen molar-refractivity contribution < 1.29 is 9.90 Å². The second-order valence-corrected chi connectivity index (χ2v) is 6.03. The van der Waals surface area contributed by atoms with Crippen molar-refractivity contribution in [3.8, 4) is 0 Å². The van der Waals surface area contributed by atoms with Crippen LogP contribution in [0.1, 0.15) is 12.0 Å². The van der Waals surface area contributed by atoms with Crippen molar-refractivity contribution in [1.82, 2.24) is 14.5 Å². The lowest BCUT2D eigenvalue weighted by molar-refractivity contribution is -0.132. The molecule has 6 nitrogen and oxygen atoms in total. The Bertz CT molecular complexity index is 938. The zero-order chi connectivity index (χ0) is 18.4. The molecular weight excluding hydrogens is 330 g/mol. The van der Waals surface area contributed by atoms with Crippen molar-refractivity contribution >= 4 is 16.8 Å². The maximum absolute atomic E-state index is 12.6. The highest BCUT2D eigenvalue weighted by Crippen LogP contribution is 2.08. The Morgan fingerprint density at radius 1 is 1.08 bits per heavy atom. The molecule has 1 aromatic heterocycles. The Balaban J connectivity index is 1.70. The third-order valence-electron chi connectivity index (χ3n) is 4.24. The van der Waals surface area contributed by atoms with Gasteiger partial charge in [-0.2, -0.15) is 0 Å². The van der Waals surface area contributed by atoms with E-state index in [1.165, 1.54) is 10.9 Å². The first-order chi connectivity index (χ1) is 12.7. The summed E-state index contributed by atoms with van der Waals surface area (Å²) in [6, 6.07) is 16.8. The molecular formula is C20H21N3O3. The third-order valence-corrected chi connectivity index (χ3v) is 4.24. The van der Waals surface area contributed by atoms with Crippen molar-refractivity contribution in [3.05, 3.63) is 76.8 Å². The minimum absolute atomic E-state index is 0.101. The average Bonchev–Trinajstić information content (AvgIpc) is 2.68. The predicted molar refractivity (Wildman–Crippen MR) is 99.6 cm³/mol. The Morgan fingerprint density at radius 2 is 1.81 bits per heavy atom. The van der Waals surface area contributed by atoms with Gasteiger partial charge in [-0.05, 0) is 17.7 Å². The van der Waals surface area contributed by atoms with E-state index in [0.29, 0.717) is 17.4 Å². The van der Waals surface area contributed by atoms with Crippen molar-refractivity contribution in [2.24, 2.45) is 0 Å². The molecule has 0 unspecified atom stereocenters. The zero-order valence-electron chi connectivity index (χ0n) is 14.4. The summed E-state index contributed by atoms with van der Waals surface area (Å²) in [5.41, 5.74) is 1.49. The number of carbonyl (C=O) groups is 1. The minimum Gasteiger partial charge on any atom is -0.395 e. The highest BCUT2D eigenvalue weighted by Gasteiger charge is 2.14. The number of hydrogen-bond donors (Lipinski definition) is 1. The zero-order valence-corrected chi connectivity index (χ0v) is 14.4. The van der Waals surface area contributed by atoms with Crippen molar-refractivity contribution in [2.45, 2.75) is 19.5 Å².